The number of aromatic nitrogens is 2. The number of carbonyl (C=O) groups excluding carboxylic acids is 1. The van der Waals surface area contributed by atoms with E-state index in [1.165, 1.54) is 11.3 Å². The van der Waals surface area contributed by atoms with Gasteiger partial charge in [-0.15, -0.1) is 10.2 Å². The van der Waals surface area contributed by atoms with Crippen molar-refractivity contribution in [3.05, 3.63) is 24.3 Å². The molecule has 25 heavy (non-hydrogen) atoms. The first-order valence-corrected chi connectivity index (χ1v) is 8.65. The lowest BCUT2D eigenvalue weighted by atomic mass is 10.1. The van der Waals surface area contributed by atoms with Crippen molar-refractivity contribution in [3.63, 3.8) is 0 Å². The molecule has 1 heterocycles. The molecule has 1 aromatic heterocycles. The number of benzene rings is 1. The minimum atomic E-state index is -0.807. The second-order valence-electron chi connectivity index (χ2n) is 5.78. The first-order chi connectivity index (χ1) is 12.0. The van der Waals surface area contributed by atoms with Gasteiger partial charge >= 0.3 is 12.0 Å². The van der Waals surface area contributed by atoms with Gasteiger partial charge in [-0.25, -0.2) is 4.79 Å². The molecule has 0 spiro atoms. The van der Waals surface area contributed by atoms with Crippen LogP contribution < -0.4 is 15.4 Å². The van der Waals surface area contributed by atoms with Gasteiger partial charge in [0.25, 0.3) is 0 Å². The molecule has 0 unspecified atom stereocenters. The number of urea groups is 1. The molecule has 1 aliphatic carbocycles. The van der Waals surface area contributed by atoms with E-state index in [-0.39, 0.29) is 12.0 Å². The first kappa shape index (κ1) is 17.2. The highest BCUT2D eigenvalue weighted by Crippen LogP contribution is 2.28. The summed E-state index contributed by atoms with van der Waals surface area (Å²) >= 11 is 1.26. The Hall–Kier alpha value is -2.68. The number of anilines is 1. The summed E-state index contributed by atoms with van der Waals surface area (Å²) in [6, 6.07) is 6.87. The fourth-order valence-electron chi connectivity index (χ4n) is 2.78. The Balaban J connectivity index is 1.55. The SMILES string of the molecule is COc1ccc(-c2nnc(NC(=O)N[C@@H]3CC[C@H](C(=O)O)C3)s2)cc1. The Morgan fingerprint density at radius 1 is 1.24 bits per heavy atom. The van der Waals surface area contributed by atoms with Crippen molar-refractivity contribution in [3.8, 4) is 16.3 Å². The minimum Gasteiger partial charge on any atom is -0.497 e. The maximum absolute atomic E-state index is 12.0. The molecule has 0 radical (unpaired) electrons. The molecular weight excluding hydrogens is 344 g/mol. The van der Waals surface area contributed by atoms with Gasteiger partial charge in [-0.2, -0.15) is 0 Å². The Labute approximate surface area is 148 Å². The van der Waals surface area contributed by atoms with Gasteiger partial charge in [-0.3, -0.25) is 10.1 Å². The summed E-state index contributed by atoms with van der Waals surface area (Å²) in [5.41, 5.74) is 0.881. The Bertz CT molecular complexity index is 762. The van der Waals surface area contributed by atoms with E-state index in [0.29, 0.717) is 29.4 Å². The third-order valence-electron chi connectivity index (χ3n) is 4.10. The molecule has 132 valence electrons. The zero-order valence-electron chi connectivity index (χ0n) is 13.6. The van der Waals surface area contributed by atoms with E-state index >= 15 is 0 Å². The van der Waals surface area contributed by atoms with Crippen LogP contribution in [0.15, 0.2) is 24.3 Å². The fourth-order valence-corrected chi connectivity index (χ4v) is 3.52. The lowest BCUT2D eigenvalue weighted by Gasteiger charge is -2.11. The second-order valence-corrected chi connectivity index (χ2v) is 6.76. The molecule has 9 heteroatoms. The normalized spacial score (nSPS) is 19.4. The number of methoxy groups -OCH3 is 1. The molecule has 3 rings (SSSR count). The van der Waals surface area contributed by atoms with Gasteiger partial charge in [-0.1, -0.05) is 11.3 Å². The van der Waals surface area contributed by atoms with Gasteiger partial charge in [0.1, 0.15) is 10.8 Å². The molecule has 1 aliphatic rings. The molecule has 1 fully saturated rings. The Morgan fingerprint density at radius 3 is 2.64 bits per heavy atom. The smallest absolute Gasteiger partial charge is 0.321 e. The maximum atomic E-state index is 12.0. The number of hydrogen-bond acceptors (Lipinski definition) is 6. The van der Waals surface area contributed by atoms with Crippen molar-refractivity contribution in [2.75, 3.05) is 12.4 Å². The van der Waals surface area contributed by atoms with Crippen LogP contribution >= 0.6 is 11.3 Å². The number of hydrogen-bond donors (Lipinski definition) is 3. The van der Waals surface area contributed by atoms with Crippen LogP contribution in [-0.2, 0) is 4.79 Å². The van der Waals surface area contributed by atoms with Crippen molar-refractivity contribution in [1.82, 2.24) is 15.5 Å². The topological polar surface area (TPSA) is 113 Å². The predicted molar refractivity (Wildman–Crippen MR) is 92.8 cm³/mol. The number of rotatable bonds is 5. The summed E-state index contributed by atoms with van der Waals surface area (Å²) in [6.07, 6.45) is 1.70. The lowest BCUT2D eigenvalue weighted by molar-refractivity contribution is -0.141. The fraction of sp³-hybridized carbons (Fsp3) is 0.375. The Morgan fingerprint density at radius 2 is 2.00 bits per heavy atom. The zero-order valence-corrected chi connectivity index (χ0v) is 14.4. The number of ether oxygens (including phenoxy) is 1. The van der Waals surface area contributed by atoms with Crippen LogP contribution in [0.3, 0.4) is 0 Å². The van der Waals surface area contributed by atoms with Crippen LogP contribution in [0, 0.1) is 5.92 Å². The average Bonchev–Trinajstić information content (AvgIpc) is 3.24. The second kappa shape index (κ2) is 7.47. The third-order valence-corrected chi connectivity index (χ3v) is 4.99. The largest absolute Gasteiger partial charge is 0.497 e. The van der Waals surface area contributed by atoms with E-state index in [0.717, 1.165) is 11.3 Å². The summed E-state index contributed by atoms with van der Waals surface area (Å²) in [7, 11) is 1.60. The molecular formula is C16H18N4O4S. The summed E-state index contributed by atoms with van der Waals surface area (Å²) in [4.78, 5) is 23.0. The van der Waals surface area contributed by atoms with Crippen LogP contribution in [-0.4, -0.2) is 40.5 Å². The summed E-state index contributed by atoms with van der Waals surface area (Å²) in [5.74, 6) is -0.436. The number of carbonyl (C=O) groups is 2. The van der Waals surface area contributed by atoms with Crippen LogP contribution in [0.1, 0.15) is 19.3 Å². The molecule has 1 saturated carbocycles. The number of aliphatic carboxylic acids is 1. The van der Waals surface area contributed by atoms with E-state index in [1.807, 2.05) is 24.3 Å². The van der Waals surface area contributed by atoms with Crippen LogP contribution in [0.4, 0.5) is 9.93 Å². The highest BCUT2D eigenvalue weighted by molar-refractivity contribution is 7.18. The molecule has 2 amide bonds. The van der Waals surface area contributed by atoms with Crippen molar-refractivity contribution in [1.29, 1.82) is 0 Å². The maximum Gasteiger partial charge on any atom is 0.321 e. The summed E-state index contributed by atoms with van der Waals surface area (Å²) in [5, 5.41) is 23.5. The van der Waals surface area contributed by atoms with Crippen molar-refractivity contribution >= 4 is 28.5 Å². The van der Waals surface area contributed by atoms with E-state index < -0.39 is 12.0 Å². The highest BCUT2D eigenvalue weighted by Gasteiger charge is 2.30. The lowest BCUT2D eigenvalue weighted by Crippen LogP contribution is -2.36. The van der Waals surface area contributed by atoms with Gasteiger partial charge in [0, 0.05) is 11.6 Å². The minimum absolute atomic E-state index is 0.130. The number of nitrogens with zero attached hydrogens (tertiary/aromatic N) is 2. The standard InChI is InChI=1S/C16H18N4O4S/c1-24-12-6-3-9(4-7-12)13-19-20-16(25-13)18-15(23)17-11-5-2-10(8-11)14(21)22/h3-4,6-7,10-11H,2,5,8H2,1H3,(H,21,22)(H2,17,18,20,23)/t10-,11+/m0/s1. The molecule has 1 aromatic carbocycles. The predicted octanol–water partition coefficient (Wildman–Crippen LogP) is 2.59. The summed E-state index contributed by atoms with van der Waals surface area (Å²) in [6.45, 7) is 0. The van der Waals surface area contributed by atoms with Crippen LogP contribution in [0.25, 0.3) is 10.6 Å². The molecule has 0 bridgehead atoms. The van der Waals surface area contributed by atoms with Gasteiger partial charge in [0.15, 0.2) is 0 Å². The molecule has 0 aliphatic heterocycles. The van der Waals surface area contributed by atoms with Crippen molar-refractivity contribution in [2.45, 2.75) is 25.3 Å². The third kappa shape index (κ3) is 4.24. The Kier molecular flexibility index (Phi) is 5.13. The number of nitrogens with one attached hydrogen (secondary N) is 2. The monoisotopic (exact) mass is 362 g/mol. The highest BCUT2D eigenvalue weighted by atomic mass is 32.1. The van der Waals surface area contributed by atoms with E-state index in [9.17, 15) is 9.59 Å². The average molecular weight is 362 g/mol. The van der Waals surface area contributed by atoms with E-state index in [2.05, 4.69) is 20.8 Å². The van der Waals surface area contributed by atoms with Crippen LogP contribution in [0.2, 0.25) is 0 Å². The van der Waals surface area contributed by atoms with Gasteiger partial charge in [-0.05, 0) is 43.5 Å². The zero-order chi connectivity index (χ0) is 17.8. The number of amides is 2. The number of carboxylic acid groups (broad SMARTS) is 1. The molecule has 2 aromatic rings. The van der Waals surface area contributed by atoms with Gasteiger partial charge in [0.05, 0.1) is 13.0 Å². The van der Waals surface area contributed by atoms with Gasteiger partial charge in [0.2, 0.25) is 5.13 Å². The molecule has 2 atom stereocenters. The summed E-state index contributed by atoms with van der Waals surface area (Å²) < 4.78 is 5.11. The van der Waals surface area contributed by atoms with Gasteiger partial charge < -0.3 is 15.2 Å². The van der Waals surface area contributed by atoms with Crippen LogP contribution in [0.5, 0.6) is 5.75 Å². The molecule has 3 N–H and O–H groups in total. The quantitative estimate of drug-likeness (QED) is 0.753. The first-order valence-electron chi connectivity index (χ1n) is 7.83. The molecule has 8 nitrogen and oxygen atoms in total. The van der Waals surface area contributed by atoms with E-state index in [4.69, 9.17) is 9.84 Å². The van der Waals surface area contributed by atoms with Crippen molar-refractivity contribution < 1.29 is 19.4 Å². The van der Waals surface area contributed by atoms with Crippen molar-refractivity contribution in [2.24, 2.45) is 5.92 Å². The molecule has 0 saturated heterocycles. The van der Waals surface area contributed by atoms with E-state index in [1.54, 1.807) is 7.11 Å². The number of carboxylic acids is 1.